The second kappa shape index (κ2) is 14.2. The SMILES string of the molecule is CCCn1c(N2CCN(c3ccccc3)CC2)c(/C=C2/SC(=S)N(CCc3ccc(OC)c(OC)c3)C2=O)c(C)c(C#N)c1=O. The van der Waals surface area contributed by atoms with Crippen LogP contribution >= 0.6 is 24.0 Å². The molecule has 2 aromatic carbocycles. The van der Waals surface area contributed by atoms with E-state index in [-0.39, 0.29) is 17.0 Å². The van der Waals surface area contributed by atoms with E-state index in [0.29, 0.717) is 64.5 Å². The smallest absolute Gasteiger partial charge is 0.270 e. The molecular weight excluding hydrogens is 607 g/mol. The summed E-state index contributed by atoms with van der Waals surface area (Å²) < 4.78 is 13.0. The third-order valence-corrected chi connectivity index (χ3v) is 9.59. The Bertz CT molecular complexity index is 1720. The molecule has 9 nitrogen and oxygen atoms in total. The van der Waals surface area contributed by atoms with Crippen LogP contribution in [-0.4, -0.2) is 66.6 Å². The number of piperazine rings is 1. The zero-order valence-corrected chi connectivity index (χ0v) is 27.7. The Morgan fingerprint density at radius 2 is 1.67 bits per heavy atom. The highest BCUT2D eigenvalue weighted by Crippen LogP contribution is 2.37. The van der Waals surface area contributed by atoms with Crippen molar-refractivity contribution in [1.29, 1.82) is 5.26 Å². The molecule has 5 rings (SSSR count). The molecule has 234 valence electrons. The van der Waals surface area contributed by atoms with Gasteiger partial charge in [-0.2, -0.15) is 5.26 Å². The van der Waals surface area contributed by atoms with E-state index in [1.807, 2.05) is 49.4 Å². The molecule has 11 heteroatoms. The van der Waals surface area contributed by atoms with Crippen LogP contribution < -0.4 is 24.8 Å². The highest BCUT2D eigenvalue weighted by molar-refractivity contribution is 8.26. The molecule has 2 saturated heterocycles. The molecule has 0 saturated carbocycles. The summed E-state index contributed by atoms with van der Waals surface area (Å²) in [6.07, 6.45) is 3.13. The maximum atomic E-state index is 13.7. The van der Waals surface area contributed by atoms with Crippen LogP contribution in [0, 0.1) is 18.3 Å². The highest BCUT2D eigenvalue weighted by atomic mass is 32.2. The molecule has 2 fully saturated rings. The zero-order valence-electron chi connectivity index (χ0n) is 26.0. The van der Waals surface area contributed by atoms with Gasteiger partial charge in [0.15, 0.2) is 11.5 Å². The minimum Gasteiger partial charge on any atom is -0.493 e. The first kappa shape index (κ1) is 32.1. The number of amides is 1. The van der Waals surface area contributed by atoms with Crippen LogP contribution in [0.4, 0.5) is 11.5 Å². The van der Waals surface area contributed by atoms with Crippen LogP contribution in [0.5, 0.6) is 11.5 Å². The van der Waals surface area contributed by atoms with Gasteiger partial charge in [0.1, 0.15) is 21.8 Å². The first-order valence-electron chi connectivity index (χ1n) is 15.0. The molecule has 1 amide bonds. The number of thiocarbonyl (C=S) groups is 1. The molecule has 0 N–H and O–H groups in total. The van der Waals surface area contributed by atoms with E-state index in [0.717, 1.165) is 36.6 Å². The maximum absolute atomic E-state index is 13.7. The number of hydrogen-bond acceptors (Lipinski definition) is 9. The van der Waals surface area contributed by atoms with E-state index in [1.54, 1.807) is 30.6 Å². The Labute approximate surface area is 273 Å². The fraction of sp³-hybridized carbons (Fsp3) is 0.353. The summed E-state index contributed by atoms with van der Waals surface area (Å²) >= 11 is 6.91. The number of para-hydroxylation sites is 1. The average Bonchev–Trinajstić information content (AvgIpc) is 3.33. The summed E-state index contributed by atoms with van der Waals surface area (Å²) in [5.41, 5.74) is 3.25. The standard InChI is InChI=1S/C34H37N5O4S2/c1-5-14-38-31(37-18-16-36(17-19-37)25-9-7-6-8-10-25)26(23(2)27(22-35)32(38)40)21-30-33(41)39(34(44)45-30)15-13-24-11-12-28(42-3)29(20-24)43-4/h6-12,20-21H,5,13-19H2,1-4H3/b30-21+. The van der Waals surface area contributed by atoms with Crippen molar-refractivity contribution in [2.24, 2.45) is 0 Å². The number of rotatable bonds is 10. The van der Waals surface area contributed by atoms with Gasteiger partial charge in [-0.1, -0.05) is 55.2 Å². The Balaban J connectivity index is 1.46. The van der Waals surface area contributed by atoms with E-state index in [1.165, 1.54) is 11.8 Å². The summed E-state index contributed by atoms with van der Waals surface area (Å²) in [5.74, 6) is 1.84. The lowest BCUT2D eigenvalue weighted by Gasteiger charge is -2.39. The number of aromatic nitrogens is 1. The van der Waals surface area contributed by atoms with Gasteiger partial charge in [-0.25, -0.2) is 0 Å². The van der Waals surface area contributed by atoms with E-state index in [4.69, 9.17) is 21.7 Å². The lowest BCUT2D eigenvalue weighted by molar-refractivity contribution is -0.122. The highest BCUT2D eigenvalue weighted by Gasteiger charge is 2.33. The summed E-state index contributed by atoms with van der Waals surface area (Å²) in [4.78, 5) is 34.0. The van der Waals surface area contributed by atoms with Gasteiger partial charge in [0.05, 0.1) is 19.1 Å². The van der Waals surface area contributed by atoms with Crippen LogP contribution in [0.3, 0.4) is 0 Å². The number of benzene rings is 2. The molecule has 0 spiro atoms. The Kier molecular flexibility index (Phi) is 10.2. The van der Waals surface area contributed by atoms with Gasteiger partial charge in [0.2, 0.25) is 0 Å². The Morgan fingerprint density at radius 1 is 0.978 bits per heavy atom. The van der Waals surface area contributed by atoms with Crippen molar-refractivity contribution in [3.05, 3.63) is 86.0 Å². The molecule has 0 aliphatic carbocycles. The number of hydrogen-bond donors (Lipinski definition) is 0. The monoisotopic (exact) mass is 643 g/mol. The van der Waals surface area contributed by atoms with Crippen molar-refractivity contribution in [3.63, 3.8) is 0 Å². The van der Waals surface area contributed by atoms with Crippen LogP contribution in [0.25, 0.3) is 6.08 Å². The number of nitrogens with zero attached hydrogens (tertiary/aromatic N) is 5. The molecule has 45 heavy (non-hydrogen) atoms. The molecule has 1 aromatic heterocycles. The summed E-state index contributed by atoms with van der Waals surface area (Å²) in [6.45, 7) is 7.62. The van der Waals surface area contributed by atoms with E-state index in [2.05, 4.69) is 28.0 Å². The van der Waals surface area contributed by atoms with Crippen molar-refractivity contribution in [1.82, 2.24) is 9.47 Å². The van der Waals surface area contributed by atoms with Gasteiger partial charge < -0.3 is 19.3 Å². The molecule has 0 bridgehead atoms. The molecule has 2 aliphatic rings. The molecule has 3 aromatic rings. The largest absolute Gasteiger partial charge is 0.493 e. The number of pyridine rings is 1. The van der Waals surface area contributed by atoms with Gasteiger partial charge >= 0.3 is 0 Å². The molecule has 0 radical (unpaired) electrons. The van der Waals surface area contributed by atoms with Gasteiger partial charge in [-0.15, -0.1) is 0 Å². The van der Waals surface area contributed by atoms with Crippen molar-refractivity contribution < 1.29 is 14.3 Å². The molecular formula is C34H37N5O4S2. The molecule has 3 heterocycles. The predicted octanol–water partition coefficient (Wildman–Crippen LogP) is 5.23. The van der Waals surface area contributed by atoms with Crippen molar-refractivity contribution >= 4 is 51.8 Å². The normalized spacial score (nSPS) is 16.0. The maximum Gasteiger partial charge on any atom is 0.270 e. The fourth-order valence-electron chi connectivity index (χ4n) is 5.83. The number of carbonyl (C=O) groups is 1. The number of carbonyl (C=O) groups excluding carboxylic acids is 1. The second-order valence-electron chi connectivity index (χ2n) is 10.9. The number of nitriles is 1. The first-order chi connectivity index (χ1) is 21.8. The number of thioether (sulfide) groups is 1. The lowest BCUT2D eigenvalue weighted by Crippen LogP contribution is -2.48. The average molecular weight is 644 g/mol. The van der Waals surface area contributed by atoms with Crippen molar-refractivity contribution in [2.45, 2.75) is 33.2 Å². The Morgan fingerprint density at radius 3 is 2.31 bits per heavy atom. The predicted molar refractivity (Wildman–Crippen MR) is 184 cm³/mol. The summed E-state index contributed by atoms with van der Waals surface area (Å²) in [6, 6.07) is 18.1. The van der Waals surface area contributed by atoms with E-state index >= 15 is 0 Å². The molecule has 2 aliphatic heterocycles. The quantitative estimate of drug-likeness (QED) is 0.218. The summed E-state index contributed by atoms with van der Waals surface area (Å²) in [7, 11) is 3.19. The van der Waals surface area contributed by atoms with Crippen LogP contribution in [-0.2, 0) is 17.8 Å². The van der Waals surface area contributed by atoms with Crippen LogP contribution in [0.1, 0.15) is 35.6 Å². The van der Waals surface area contributed by atoms with Crippen molar-refractivity contribution in [3.8, 4) is 17.6 Å². The fourth-order valence-corrected chi connectivity index (χ4v) is 7.12. The molecule has 0 atom stereocenters. The second-order valence-corrected chi connectivity index (χ2v) is 12.6. The topological polar surface area (TPSA) is 91.0 Å². The minimum absolute atomic E-state index is 0.102. The van der Waals surface area contributed by atoms with Gasteiger partial charge in [0.25, 0.3) is 11.5 Å². The van der Waals surface area contributed by atoms with Gasteiger partial charge in [-0.3, -0.25) is 19.1 Å². The van der Waals surface area contributed by atoms with Gasteiger partial charge in [0, 0.05) is 50.5 Å². The molecule has 0 unspecified atom stereocenters. The number of ether oxygens (including phenoxy) is 2. The van der Waals surface area contributed by atoms with E-state index in [9.17, 15) is 14.9 Å². The zero-order chi connectivity index (χ0) is 32.1. The summed E-state index contributed by atoms with van der Waals surface area (Å²) in [5, 5.41) is 10.0. The van der Waals surface area contributed by atoms with Crippen LogP contribution in [0.2, 0.25) is 0 Å². The third-order valence-electron chi connectivity index (χ3n) is 8.22. The first-order valence-corrected chi connectivity index (χ1v) is 16.2. The Hall–Kier alpha value is -4.27. The number of anilines is 2. The van der Waals surface area contributed by atoms with E-state index < -0.39 is 0 Å². The minimum atomic E-state index is -0.294. The number of methoxy groups -OCH3 is 2. The third kappa shape index (κ3) is 6.58. The lowest BCUT2D eigenvalue weighted by atomic mass is 10.0. The van der Waals surface area contributed by atoms with Gasteiger partial charge in [-0.05, 0) is 61.2 Å². The van der Waals surface area contributed by atoms with Crippen LogP contribution in [0.15, 0.2) is 58.2 Å². The van der Waals surface area contributed by atoms with Crippen molar-refractivity contribution in [2.75, 3.05) is 56.7 Å².